The summed E-state index contributed by atoms with van der Waals surface area (Å²) >= 11 is 4.50. The van der Waals surface area contributed by atoms with E-state index in [1.807, 2.05) is 25.1 Å². The van der Waals surface area contributed by atoms with E-state index in [0.717, 1.165) is 41.8 Å². The molecule has 1 aromatic carbocycles. The van der Waals surface area contributed by atoms with Gasteiger partial charge >= 0.3 is 0 Å². The third kappa shape index (κ3) is 4.28. The Kier molecular flexibility index (Phi) is 5.96. The fourth-order valence-corrected chi connectivity index (χ4v) is 3.72. The Morgan fingerprint density at radius 2 is 1.95 bits per heavy atom. The van der Waals surface area contributed by atoms with Crippen LogP contribution < -0.4 is 5.32 Å². The summed E-state index contributed by atoms with van der Waals surface area (Å²) in [6.07, 6.45) is 7.79. The zero-order valence-corrected chi connectivity index (χ0v) is 15.0. The number of rotatable bonds is 5. The summed E-state index contributed by atoms with van der Waals surface area (Å²) in [4.78, 5) is 13.8. The predicted molar refractivity (Wildman–Crippen MR) is 96.7 cm³/mol. The van der Waals surface area contributed by atoms with Crippen LogP contribution in [0.2, 0.25) is 0 Å². The lowest BCUT2D eigenvalue weighted by Gasteiger charge is -2.36. The second-order valence-electron chi connectivity index (χ2n) is 7.25. The minimum absolute atomic E-state index is 0.173. The topological polar surface area (TPSA) is 29.1 Å². The van der Waals surface area contributed by atoms with Crippen LogP contribution in [0.15, 0.2) is 23.1 Å². The second-order valence-corrected chi connectivity index (χ2v) is 7.73. The molecule has 0 aliphatic heterocycles. The maximum atomic E-state index is 13.0. The van der Waals surface area contributed by atoms with Gasteiger partial charge in [-0.15, -0.1) is 12.6 Å². The van der Waals surface area contributed by atoms with E-state index in [0.29, 0.717) is 5.92 Å². The highest BCUT2D eigenvalue weighted by molar-refractivity contribution is 7.80. The Balaban J connectivity index is 2.14. The quantitative estimate of drug-likeness (QED) is 0.679. The molecule has 0 saturated heterocycles. The Morgan fingerprint density at radius 1 is 1.27 bits per heavy atom. The third-order valence-corrected chi connectivity index (χ3v) is 5.26. The normalized spacial score (nSPS) is 17.5. The van der Waals surface area contributed by atoms with Gasteiger partial charge in [0.1, 0.15) is 0 Å². The van der Waals surface area contributed by atoms with Crippen molar-refractivity contribution in [3.8, 4) is 0 Å². The van der Waals surface area contributed by atoms with Gasteiger partial charge in [-0.05, 0) is 56.2 Å². The average Bonchev–Trinajstić information content (AvgIpc) is 2.49. The highest BCUT2D eigenvalue weighted by atomic mass is 32.1. The first kappa shape index (κ1) is 17.4. The van der Waals surface area contributed by atoms with Crippen LogP contribution in [0.25, 0.3) is 0 Å². The van der Waals surface area contributed by atoms with E-state index in [2.05, 4.69) is 31.8 Å². The third-order valence-electron chi connectivity index (χ3n) is 4.89. The summed E-state index contributed by atoms with van der Waals surface area (Å²) < 4.78 is 0. The summed E-state index contributed by atoms with van der Waals surface area (Å²) in [7, 11) is 0. The minimum Gasteiger partial charge on any atom is -0.325 e. The van der Waals surface area contributed by atoms with Crippen molar-refractivity contribution in [1.29, 1.82) is 0 Å². The Bertz CT molecular complexity index is 518. The molecule has 0 bridgehead atoms. The number of carbonyl (C=O) groups is 1. The van der Waals surface area contributed by atoms with Crippen molar-refractivity contribution in [2.75, 3.05) is 5.32 Å². The van der Waals surface area contributed by atoms with Crippen LogP contribution in [0.3, 0.4) is 0 Å². The molecule has 2 rings (SSSR count). The molecule has 1 aliphatic carbocycles. The van der Waals surface area contributed by atoms with Gasteiger partial charge in [0.2, 0.25) is 5.91 Å². The van der Waals surface area contributed by atoms with E-state index in [1.54, 1.807) is 0 Å². The smallest absolute Gasteiger partial charge is 0.230 e. The molecule has 3 heteroatoms. The van der Waals surface area contributed by atoms with Crippen molar-refractivity contribution in [3.63, 3.8) is 0 Å². The summed E-state index contributed by atoms with van der Waals surface area (Å²) in [6.45, 7) is 6.51. The van der Waals surface area contributed by atoms with Crippen LogP contribution in [-0.2, 0) is 4.79 Å². The van der Waals surface area contributed by atoms with Crippen LogP contribution in [0.1, 0.15) is 64.4 Å². The fourth-order valence-electron chi connectivity index (χ4n) is 3.39. The molecule has 1 amide bonds. The van der Waals surface area contributed by atoms with Crippen molar-refractivity contribution in [1.82, 2.24) is 0 Å². The van der Waals surface area contributed by atoms with Crippen LogP contribution >= 0.6 is 12.6 Å². The van der Waals surface area contributed by atoms with Gasteiger partial charge in [0.15, 0.2) is 0 Å². The van der Waals surface area contributed by atoms with Gasteiger partial charge in [0.25, 0.3) is 0 Å². The molecule has 0 atom stereocenters. The molecule has 0 heterocycles. The van der Waals surface area contributed by atoms with Crippen molar-refractivity contribution < 1.29 is 4.79 Å². The van der Waals surface area contributed by atoms with Gasteiger partial charge in [0, 0.05) is 10.3 Å². The Morgan fingerprint density at radius 3 is 2.55 bits per heavy atom. The van der Waals surface area contributed by atoms with Crippen molar-refractivity contribution >= 4 is 24.2 Å². The lowest BCUT2D eigenvalue weighted by Crippen LogP contribution is -2.38. The molecule has 1 N–H and O–H groups in total. The van der Waals surface area contributed by atoms with E-state index in [9.17, 15) is 4.79 Å². The lowest BCUT2D eigenvalue weighted by molar-refractivity contribution is -0.128. The zero-order chi connectivity index (χ0) is 16.2. The molecule has 122 valence electrons. The number of aryl methyl sites for hydroxylation is 1. The highest BCUT2D eigenvalue weighted by Gasteiger charge is 2.39. The average molecular weight is 320 g/mol. The number of anilines is 1. The number of carbonyl (C=O) groups excluding carboxylic acids is 1. The molecule has 1 aliphatic rings. The molecule has 1 fully saturated rings. The van der Waals surface area contributed by atoms with Gasteiger partial charge in [-0.3, -0.25) is 4.79 Å². The first-order valence-corrected chi connectivity index (χ1v) is 8.99. The van der Waals surface area contributed by atoms with E-state index in [-0.39, 0.29) is 11.3 Å². The number of amides is 1. The van der Waals surface area contributed by atoms with Gasteiger partial charge in [-0.25, -0.2) is 0 Å². The maximum absolute atomic E-state index is 13.0. The molecular weight excluding hydrogens is 290 g/mol. The molecule has 0 spiro atoms. The Hall–Kier alpha value is -0.960. The highest BCUT2D eigenvalue weighted by Crippen LogP contribution is 2.42. The molecule has 1 aromatic rings. The molecule has 0 aromatic heterocycles. The number of hydrogen-bond donors (Lipinski definition) is 2. The molecule has 0 unspecified atom stereocenters. The molecule has 22 heavy (non-hydrogen) atoms. The summed E-state index contributed by atoms with van der Waals surface area (Å²) in [6, 6.07) is 5.99. The van der Waals surface area contributed by atoms with Crippen LogP contribution in [0.4, 0.5) is 5.69 Å². The van der Waals surface area contributed by atoms with Gasteiger partial charge in [-0.2, -0.15) is 0 Å². The molecule has 1 saturated carbocycles. The summed E-state index contributed by atoms with van der Waals surface area (Å²) in [5.41, 5.74) is 1.83. The SMILES string of the molecule is Cc1ccc(NC(=O)C2(CCC(C)C)CCCCC2)c(S)c1. The van der Waals surface area contributed by atoms with E-state index in [1.165, 1.54) is 19.3 Å². The van der Waals surface area contributed by atoms with E-state index in [4.69, 9.17) is 0 Å². The summed E-state index contributed by atoms with van der Waals surface area (Å²) in [5, 5.41) is 3.16. The summed E-state index contributed by atoms with van der Waals surface area (Å²) in [5.74, 6) is 0.846. The first-order chi connectivity index (χ1) is 10.4. The monoisotopic (exact) mass is 319 g/mol. The van der Waals surface area contributed by atoms with Crippen LogP contribution in [-0.4, -0.2) is 5.91 Å². The van der Waals surface area contributed by atoms with Crippen molar-refractivity contribution in [2.45, 2.75) is 70.6 Å². The standard InChI is InChI=1S/C19H29NOS/c1-14(2)9-12-19(10-5-4-6-11-19)18(21)20-16-8-7-15(3)13-17(16)22/h7-8,13-14,22H,4-6,9-12H2,1-3H3,(H,20,21). The van der Waals surface area contributed by atoms with Crippen LogP contribution in [0.5, 0.6) is 0 Å². The van der Waals surface area contributed by atoms with Crippen molar-refractivity contribution in [2.24, 2.45) is 11.3 Å². The first-order valence-electron chi connectivity index (χ1n) is 8.54. The number of thiol groups is 1. The second kappa shape index (κ2) is 7.54. The predicted octanol–water partition coefficient (Wildman–Crippen LogP) is 5.61. The Labute approximate surface area is 140 Å². The number of hydrogen-bond acceptors (Lipinski definition) is 2. The van der Waals surface area contributed by atoms with Gasteiger partial charge in [0.05, 0.1) is 5.69 Å². The maximum Gasteiger partial charge on any atom is 0.230 e. The van der Waals surface area contributed by atoms with Crippen LogP contribution in [0, 0.1) is 18.3 Å². The number of nitrogens with one attached hydrogen (secondary N) is 1. The fraction of sp³-hybridized carbons (Fsp3) is 0.632. The van der Waals surface area contributed by atoms with E-state index < -0.39 is 0 Å². The van der Waals surface area contributed by atoms with E-state index >= 15 is 0 Å². The van der Waals surface area contributed by atoms with Gasteiger partial charge < -0.3 is 5.32 Å². The zero-order valence-electron chi connectivity index (χ0n) is 14.1. The van der Waals surface area contributed by atoms with Gasteiger partial charge in [-0.1, -0.05) is 39.2 Å². The largest absolute Gasteiger partial charge is 0.325 e. The number of benzene rings is 1. The van der Waals surface area contributed by atoms with Crippen molar-refractivity contribution in [3.05, 3.63) is 23.8 Å². The molecule has 2 nitrogen and oxygen atoms in total. The molecule has 0 radical (unpaired) electrons. The minimum atomic E-state index is -0.173. The molecular formula is C19H29NOS. The lowest BCUT2D eigenvalue weighted by atomic mass is 9.69.